The van der Waals surface area contributed by atoms with E-state index in [1.807, 2.05) is 0 Å². The van der Waals surface area contributed by atoms with E-state index >= 15 is 0 Å². The van der Waals surface area contributed by atoms with Gasteiger partial charge in [-0.2, -0.15) is 0 Å². The number of methoxy groups -OCH3 is 1. The summed E-state index contributed by atoms with van der Waals surface area (Å²) in [6, 6.07) is 1.74. The van der Waals surface area contributed by atoms with Crippen LogP contribution < -0.4 is 5.32 Å². The molecule has 0 atom stereocenters. The van der Waals surface area contributed by atoms with E-state index < -0.39 is 0 Å². The summed E-state index contributed by atoms with van der Waals surface area (Å²) in [4.78, 5) is 11.3. The van der Waals surface area contributed by atoms with Gasteiger partial charge >= 0.3 is 5.97 Å². The second-order valence-corrected chi connectivity index (χ2v) is 5.88. The Hall–Kier alpha value is -1.29. The maximum absolute atomic E-state index is 11.3. The van der Waals surface area contributed by atoms with E-state index in [2.05, 4.69) is 17.0 Å². The maximum atomic E-state index is 11.3. The van der Waals surface area contributed by atoms with E-state index in [0.29, 0.717) is 12.1 Å². The molecule has 1 aromatic heterocycles. The van der Waals surface area contributed by atoms with Crippen LogP contribution in [0, 0.1) is 11.8 Å². The Morgan fingerprint density at radius 2 is 2.15 bits per heavy atom. The first-order valence-electron chi connectivity index (χ1n) is 7.55. The first kappa shape index (κ1) is 15.1. The second kappa shape index (κ2) is 7.48. The predicted octanol–water partition coefficient (Wildman–Crippen LogP) is 3.37. The highest BCUT2D eigenvalue weighted by atomic mass is 16.5. The molecule has 112 valence electrons. The molecule has 1 aliphatic rings. The van der Waals surface area contributed by atoms with Crippen molar-refractivity contribution in [2.24, 2.45) is 11.8 Å². The molecule has 1 fully saturated rings. The van der Waals surface area contributed by atoms with Crippen molar-refractivity contribution in [3.05, 3.63) is 23.7 Å². The molecule has 0 amide bonds. The quantitative estimate of drug-likeness (QED) is 0.640. The van der Waals surface area contributed by atoms with Gasteiger partial charge in [-0.1, -0.05) is 32.6 Å². The number of hydrogen-bond donors (Lipinski definition) is 1. The van der Waals surface area contributed by atoms with Crippen LogP contribution in [-0.4, -0.2) is 19.6 Å². The molecule has 0 spiro atoms. The van der Waals surface area contributed by atoms with E-state index in [9.17, 15) is 4.79 Å². The van der Waals surface area contributed by atoms with Crippen LogP contribution in [0.15, 0.2) is 16.7 Å². The zero-order valence-electron chi connectivity index (χ0n) is 12.5. The van der Waals surface area contributed by atoms with Gasteiger partial charge < -0.3 is 14.5 Å². The molecular formula is C16H25NO3. The van der Waals surface area contributed by atoms with Crippen LogP contribution in [0.2, 0.25) is 0 Å². The SMILES string of the molecule is COC(=O)c1coc(CNCCC2CCC(C)CC2)c1. The molecule has 4 nitrogen and oxygen atoms in total. The van der Waals surface area contributed by atoms with Crippen LogP contribution in [0.3, 0.4) is 0 Å². The zero-order valence-corrected chi connectivity index (χ0v) is 12.5. The molecular weight excluding hydrogens is 254 g/mol. The van der Waals surface area contributed by atoms with Gasteiger partial charge in [-0.05, 0) is 30.9 Å². The largest absolute Gasteiger partial charge is 0.467 e. The summed E-state index contributed by atoms with van der Waals surface area (Å²) >= 11 is 0. The van der Waals surface area contributed by atoms with Gasteiger partial charge in [-0.15, -0.1) is 0 Å². The Balaban J connectivity index is 1.63. The topological polar surface area (TPSA) is 51.5 Å². The fourth-order valence-electron chi connectivity index (χ4n) is 2.83. The van der Waals surface area contributed by atoms with Gasteiger partial charge in [0.15, 0.2) is 0 Å². The number of nitrogens with one attached hydrogen (secondary N) is 1. The highest BCUT2D eigenvalue weighted by Gasteiger charge is 2.17. The lowest BCUT2D eigenvalue weighted by atomic mass is 9.81. The van der Waals surface area contributed by atoms with E-state index in [1.165, 1.54) is 45.5 Å². The average molecular weight is 279 g/mol. The Kier molecular flexibility index (Phi) is 5.65. The molecule has 1 heterocycles. The summed E-state index contributed by atoms with van der Waals surface area (Å²) < 4.78 is 9.97. The standard InChI is InChI=1S/C16H25NO3/c1-12-3-5-13(6-4-12)7-8-17-10-15-9-14(11-20-15)16(18)19-2/h9,11-13,17H,3-8,10H2,1-2H3. The third-order valence-electron chi connectivity index (χ3n) is 4.24. The molecule has 0 aliphatic heterocycles. The average Bonchev–Trinajstić information content (AvgIpc) is 2.93. The Bertz CT molecular complexity index is 419. The van der Waals surface area contributed by atoms with Crippen LogP contribution >= 0.6 is 0 Å². The molecule has 0 saturated heterocycles. The van der Waals surface area contributed by atoms with Crippen molar-refractivity contribution in [1.82, 2.24) is 5.32 Å². The lowest BCUT2D eigenvalue weighted by molar-refractivity contribution is 0.0600. The molecule has 0 aromatic carbocycles. The number of carbonyl (C=O) groups excluding carboxylic acids is 1. The van der Waals surface area contributed by atoms with Crippen molar-refractivity contribution >= 4 is 5.97 Å². The lowest BCUT2D eigenvalue weighted by Crippen LogP contribution is -2.20. The van der Waals surface area contributed by atoms with Crippen molar-refractivity contribution in [2.75, 3.05) is 13.7 Å². The number of ether oxygens (including phenoxy) is 1. The van der Waals surface area contributed by atoms with Crippen LogP contribution in [0.25, 0.3) is 0 Å². The van der Waals surface area contributed by atoms with Crippen molar-refractivity contribution in [2.45, 2.75) is 45.6 Å². The molecule has 20 heavy (non-hydrogen) atoms. The van der Waals surface area contributed by atoms with Crippen LogP contribution in [0.5, 0.6) is 0 Å². The van der Waals surface area contributed by atoms with E-state index in [4.69, 9.17) is 4.42 Å². The normalized spacial score (nSPS) is 22.7. The van der Waals surface area contributed by atoms with Gasteiger partial charge in [0.2, 0.25) is 0 Å². The van der Waals surface area contributed by atoms with Crippen LogP contribution in [-0.2, 0) is 11.3 Å². The Morgan fingerprint density at radius 1 is 1.40 bits per heavy atom. The Labute approximate surface area is 120 Å². The number of rotatable bonds is 6. The monoisotopic (exact) mass is 279 g/mol. The Morgan fingerprint density at radius 3 is 2.85 bits per heavy atom. The lowest BCUT2D eigenvalue weighted by Gasteiger charge is -2.26. The minimum Gasteiger partial charge on any atom is -0.467 e. The van der Waals surface area contributed by atoms with Crippen molar-refractivity contribution in [1.29, 1.82) is 0 Å². The summed E-state index contributed by atoms with van der Waals surface area (Å²) in [5.41, 5.74) is 0.477. The van der Waals surface area contributed by atoms with Crippen molar-refractivity contribution in [3.8, 4) is 0 Å². The molecule has 0 radical (unpaired) electrons. The van der Waals surface area contributed by atoms with Gasteiger partial charge in [0, 0.05) is 0 Å². The van der Waals surface area contributed by atoms with Gasteiger partial charge in [-0.3, -0.25) is 0 Å². The molecule has 0 unspecified atom stereocenters. The van der Waals surface area contributed by atoms with Gasteiger partial charge in [0.25, 0.3) is 0 Å². The highest BCUT2D eigenvalue weighted by Crippen LogP contribution is 2.29. The molecule has 2 rings (SSSR count). The summed E-state index contributed by atoms with van der Waals surface area (Å²) in [6.45, 7) is 4.03. The van der Waals surface area contributed by atoms with Crippen LogP contribution in [0.4, 0.5) is 0 Å². The molecule has 4 heteroatoms. The van der Waals surface area contributed by atoms with E-state index in [0.717, 1.165) is 24.1 Å². The minimum absolute atomic E-state index is 0.351. The summed E-state index contributed by atoms with van der Waals surface area (Å²) in [7, 11) is 1.37. The molecule has 1 aromatic rings. The number of esters is 1. The molecule has 0 bridgehead atoms. The molecule has 1 N–H and O–H groups in total. The first-order valence-corrected chi connectivity index (χ1v) is 7.55. The number of hydrogen-bond acceptors (Lipinski definition) is 4. The molecule has 1 aliphatic carbocycles. The smallest absolute Gasteiger partial charge is 0.341 e. The van der Waals surface area contributed by atoms with Gasteiger partial charge in [0.1, 0.15) is 12.0 Å². The van der Waals surface area contributed by atoms with Crippen molar-refractivity contribution in [3.63, 3.8) is 0 Å². The van der Waals surface area contributed by atoms with Crippen LogP contribution in [0.1, 0.15) is 55.1 Å². The number of carbonyl (C=O) groups is 1. The third-order valence-corrected chi connectivity index (χ3v) is 4.24. The molecule has 1 saturated carbocycles. The van der Waals surface area contributed by atoms with E-state index in [1.54, 1.807) is 6.07 Å². The zero-order chi connectivity index (χ0) is 14.4. The fourth-order valence-corrected chi connectivity index (χ4v) is 2.83. The minimum atomic E-state index is -0.351. The number of furan rings is 1. The maximum Gasteiger partial charge on any atom is 0.341 e. The van der Waals surface area contributed by atoms with Gasteiger partial charge in [-0.25, -0.2) is 4.79 Å². The second-order valence-electron chi connectivity index (χ2n) is 5.88. The first-order chi connectivity index (χ1) is 9.69. The summed E-state index contributed by atoms with van der Waals surface area (Å²) in [5, 5.41) is 3.38. The highest BCUT2D eigenvalue weighted by molar-refractivity contribution is 5.88. The van der Waals surface area contributed by atoms with Gasteiger partial charge in [0.05, 0.1) is 19.2 Å². The summed E-state index contributed by atoms with van der Waals surface area (Å²) in [6.07, 6.45) is 8.19. The fraction of sp³-hybridized carbons (Fsp3) is 0.688. The van der Waals surface area contributed by atoms with Crippen molar-refractivity contribution < 1.29 is 13.9 Å². The summed E-state index contributed by atoms with van der Waals surface area (Å²) in [5.74, 6) is 2.22. The third kappa shape index (κ3) is 4.37. The predicted molar refractivity (Wildman–Crippen MR) is 77.5 cm³/mol. The van der Waals surface area contributed by atoms with E-state index in [-0.39, 0.29) is 5.97 Å².